The second-order valence-corrected chi connectivity index (χ2v) is 7.86. The van der Waals surface area contributed by atoms with Gasteiger partial charge in [0.15, 0.2) is 0 Å². The molecule has 1 amide bonds. The summed E-state index contributed by atoms with van der Waals surface area (Å²) in [5.74, 6) is 0.291. The van der Waals surface area contributed by atoms with Crippen LogP contribution in [0.1, 0.15) is 22.8 Å². The largest absolute Gasteiger partial charge is 0.495 e. The predicted molar refractivity (Wildman–Crippen MR) is 100.0 cm³/mol. The number of carbonyl (C=O) groups excluding carboxylic acids is 1. The Morgan fingerprint density at radius 1 is 1.16 bits per heavy atom. The topological polar surface area (TPSA) is 75.7 Å². The van der Waals surface area contributed by atoms with Crippen molar-refractivity contribution in [3.8, 4) is 5.75 Å². The Bertz CT molecular complexity index is 861. The molecule has 0 aliphatic heterocycles. The third kappa shape index (κ3) is 4.30. The zero-order valence-electron chi connectivity index (χ0n) is 14.7. The zero-order chi connectivity index (χ0) is 18.6. The van der Waals surface area contributed by atoms with Crippen molar-refractivity contribution in [1.82, 2.24) is 0 Å². The van der Waals surface area contributed by atoms with Gasteiger partial charge in [0, 0.05) is 12.6 Å². The van der Waals surface area contributed by atoms with Crippen LogP contribution >= 0.6 is 0 Å². The lowest BCUT2D eigenvalue weighted by atomic mass is 10.1. The molecule has 0 saturated carbocycles. The average molecular weight is 362 g/mol. The Balaban J connectivity index is 2.20. The van der Waals surface area contributed by atoms with Gasteiger partial charge in [-0.15, -0.1) is 0 Å². The highest BCUT2D eigenvalue weighted by molar-refractivity contribution is 7.92. The Morgan fingerprint density at radius 2 is 1.80 bits per heavy atom. The number of anilines is 2. The minimum Gasteiger partial charge on any atom is -0.495 e. The van der Waals surface area contributed by atoms with Crippen LogP contribution in [0.3, 0.4) is 0 Å². The molecule has 2 rings (SSSR count). The van der Waals surface area contributed by atoms with Crippen LogP contribution in [0.4, 0.5) is 11.4 Å². The molecule has 134 valence electrons. The smallest absolute Gasteiger partial charge is 0.255 e. The van der Waals surface area contributed by atoms with Gasteiger partial charge >= 0.3 is 0 Å². The predicted octanol–water partition coefficient (Wildman–Crippen LogP) is 3.04. The number of aryl methyl sites for hydroxylation is 1. The number of benzene rings is 2. The number of methoxy groups -OCH3 is 1. The van der Waals surface area contributed by atoms with Crippen LogP contribution < -0.4 is 14.4 Å². The molecule has 2 aromatic rings. The highest BCUT2D eigenvalue weighted by atomic mass is 32.2. The van der Waals surface area contributed by atoms with Crippen molar-refractivity contribution in [2.75, 3.05) is 29.5 Å². The SMILES string of the molecule is CCS(=O)(=O)N(C)c1ccc(C(=O)Nc2cc(C)ccc2OC)cc1. The lowest BCUT2D eigenvalue weighted by Crippen LogP contribution is -2.28. The first kappa shape index (κ1) is 18.8. The third-order valence-electron chi connectivity index (χ3n) is 3.88. The Labute approximate surface area is 148 Å². The summed E-state index contributed by atoms with van der Waals surface area (Å²) in [6.45, 7) is 3.51. The van der Waals surface area contributed by atoms with Crippen molar-refractivity contribution >= 4 is 27.3 Å². The van der Waals surface area contributed by atoms with Gasteiger partial charge in [0.1, 0.15) is 5.75 Å². The van der Waals surface area contributed by atoms with Gasteiger partial charge in [-0.2, -0.15) is 0 Å². The lowest BCUT2D eigenvalue weighted by Gasteiger charge is -2.18. The molecule has 0 atom stereocenters. The number of hydrogen-bond donors (Lipinski definition) is 1. The van der Waals surface area contributed by atoms with Crippen LogP contribution in [0.2, 0.25) is 0 Å². The quantitative estimate of drug-likeness (QED) is 0.857. The van der Waals surface area contributed by atoms with Gasteiger partial charge in [-0.1, -0.05) is 6.07 Å². The van der Waals surface area contributed by atoms with Crippen LogP contribution in [0, 0.1) is 6.92 Å². The minimum atomic E-state index is -3.33. The maximum absolute atomic E-state index is 12.4. The van der Waals surface area contributed by atoms with Gasteiger partial charge in [0.25, 0.3) is 5.91 Å². The minimum absolute atomic E-state index is 0.0128. The summed E-state index contributed by atoms with van der Waals surface area (Å²) >= 11 is 0. The van der Waals surface area contributed by atoms with Gasteiger partial charge < -0.3 is 10.1 Å². The standard InChI is InChI=1S/C18H22N2O4S/c1-5-25(22,23)20(3)15-9-7-14(8-10-15)18(21)19-16-12-13(2)6-11-17(16)24-4/h6-12H,5H2,1-4H3,(H,19,21). The summed E-state index contributed by atoms with van der Waals surface area (Å²) in [4.78, 5) is 12.4. The Morgan fingerprint density at radius 3 is 2.36 bits per heavy atom. The number of nitrogens with one attached hydrogen (secondary N) is 1. The van der Waals surface area contributed by atoms with Crippen molar-refractivity contribution in [3.63, 3.8) is 0 Å². The molecule has 1 N–H and O–H groups in total. The van der Waals surface area contributed by atoms with Gasteiger partial charge in [-0.05, 0) is 55.8 Å². The molecule has 2 aromatic carbocycles. The molecule has 0 fully saturated rings. The molecule has 0 saturated heterocycles. The van der Waals surface area contributed by atoms with E-state index < -0.39 is 10.0 Å². The van der Waals surface area contributed by atoms with E-state index in [0.717, 1.165) is 5.56 Å². The van der Waals surface area contributed by atoms with E-state index in [9.17, 15) is 13.2 Å². The Hall–Kier alpha value is -2.54. The van der Waals surface area contributed by atoms with Gasteiger partial charge in [0.05, 0.1) is 24.2 Å². The summed E-state index contributed by atoms with van der Waals surface area (Å²) in [5, 5.41) is 2.81. The first-order valence-electron chi connectivity index (χ1n) is 7.81. The molecule has 0 spiro atoms. The van der Waals surface area contributed by atoms with Crippen molar-refractivity contribution in [3.05, 3.63) is 53.6 Å². The van der Waals surface area contributed by atoms with Crippen molar-refractivity contribution in [1.29, 1.82) is 0 Å². The highest BCUT2D eigenvalue weighted by Gasteiger charge is 2.16. The fraction of sp³-hybridized carbons (Fsp3) is 0.278. The van der Waals surface area contributed by atoms with Crippen LogP contribution in [0.5, 0.6) is 5.75 Å². The molecule has 0 bridgehead atoms. The Kier molecular flexibility index (Phi) is 5.69. The van der Waals surface area contributed by atoms with Crippen molar-refractivity contribution in [2.45, 2.75) is 13.8 Å². The van der Waals surface area contributed by atoms with E-state index in [-0.39, 0.29) is 11.7 Å². The fourth-order valence-electron chi connectivity index (χ4n) is 2.29. The fourth-order valence-corrected chi connectivity index (χ4v) is 3.12. The molecule has 0 heterocycles. The summed E-state index contributed by atoms with van der Waals surface area (Å²) in [6, 6.07) is 11.9. The van der Waals surface area contributed by atoms with E-state index in [2.05, 4.69) is 5.32 Å². The van der Waals surface area contributed by atoms with Crippen LogP contribution in [-0.2, 0) is 10.0 Å². The number of rotatable bonds is 6. The number of ether oxygens (including phenoxy) is 1. The highest BCUT2D eigenvalue weighted by Crippen LogP contribution is 2.26. The first-order chi connectivity index (χ1) is 11.8. The summed E-state index contributed by atoms with van der Waals surface area (Å²) in [5.41, 5.74) is 2.52. The summed E-state index contributed by atoms with van der Waals surface area (Å²) < 4.78 is 30.2. The monoisotopic (exact) mass is 362 g/mol. The molecule has 0 aliphatic rings. The zero-order valence-corrected chi connectivity index (χ0v) is 15.6. The van der Waals surface area contributed by atoms with Crippen molar-refractivity contribution < 1.29 is 17.9 Å². The molecule has 0 unspecified atom stereocenters. The number of sulfonamides is 1. The van der Waals surface area contributed by atoms with E-state index >= 15 is 0 Å². The number of nitrogens with zero attached hydrogens (tertiary/aromatic N) is 1. The molecule has 25 heavy (non-hydrogen) atoms. The second kappa shape index (κ2) is 7.57. The van der Waals surface area contributed by atoms with Crippen molar-refractivity contribution in [2.24, 2.45) is 0 Å². The lowest BCUT2D eigenvalue weighted by molar-refractivity contribution is 0.102. The second-order valence-electron chi connectivity index (χ2n) is 5.57. The maximum Gasteiger partial charge on any atom is 0.255 e. The van der Waals surface area contributed by atoms with Crippen LogP contribution in [-0.4, -0.2) is 34.2 Å². The molecule has 6 nitrogen and oxygen atoms in total. The molecule has 0 radical (unpaired) electrons. The summed E-state index contributed by atoms with van der Waals surface area (Å²) in [7, 11) is -0.298. The van der Waals surface area contributed by atoms with E-state index in [1.807, 2.05) is 19.1 Å². The number of amides is 1. The van der Waals surface area contributed by atoms with E-state index in [4.69, 9.17) is 4.74 Å². The van der Waals surface area contributed by atoms with Gasteiger partial charge in [-0.25, -0.2) is 8.42 Å². The van der Waals surface area contributed by atoms with Crippen LogP contribution in [0.25, 0.3) is 0 Å². The molecular formula is C18H22N2O4S. The van der Waals surface area contributed by atoms with E-state index in [0.29, 0.717) is 22.7 Å². The third-order valence-corrected chi connectivity index (χ3v) is 5.65. The van der Waals surface area contributed by atoms with Gasteiger partial charge in [0.2, 0.25) is 10.0 Å². The maximum atomic E-state index is 12.4. The first-order valence-corrected chi connectivity index (χ1v) is 9.42. The average Bonchev–Trinajstić information content (AvgIpc) is 2.61. The molecule has 0 aromatic heterocycles. The summed E-state index contributed by atoms with van der Waals surface area (Å²) in [6.07, 6.45) is 0. The van der Waals surface area contributed by atoms with E-state index in [1.54, 1.807) is 44.4 Å². The van der Waals surface area contributed by atoms with Gasteiger partial charge in [-0.3, -0.25) is 9.10 Å². The number of carbonyl (C=O) groups is 1. The molecule has 7 heteroatoms. The molecule has 0 aliphatic carbocycles. The van der Waals surface area contributed by atoms with E-state index in [1.165, 1.54) is 11.4 Å². The number of hydrogen-bond acceptors (Lipinski definition) is 4. The van der Waals surface area contributed by atoms with Crippen LogP contribution in [0.15, 0.2) is 42.5 Å². The molecular weight excluding hydrogens is 340 g/mol. The normalized spacial score (nSPS) is 11.0.